The van der Waals surface area contributed by atoms with Crippen LogP contribution in [0.15, 0.2) is 90.0 Å². The largest absolute Gasteiger partial charge is 0.465 e. The van der Waals surface area contributed by atoms with E-state index in [2.05, 4.69) is 16.4 Å². The second kappa shape index (κ2) is 11.4. The fraction of sp³-hybridized carbons (Fsp3) is 0.167. The highest BCUT2D eigenvalue weighted by atomic mass is 32.2. The summed E-state index contributed by atoms with van der Waals surface area (Å²) >= 11 is 1.72. The van der Waals surface area contributed by atoms with Crippen molar-refractivity contribution < 1.29 is 19.1 Å². The zero-order valence-electron chi connectivity index (χ0n) is 20.4. The number of fused-ring (bicyclic) bond motifs is 1. The summed E-state index contributed by atoms with van der Waals surface area (Å²) in [7, 11) is 1.37. The average Bonchev–Trinajstić information content (AvgIpc) is 3.21. The van der Waals surface area contributed by atoms with Crippen LogP contribution in [0.4, 0.5) is 0 Å². The molecule has 37 heavy (non-hydrogen) atoms. The second-order valence-corrected chi connectivity index (χ2v) is 9.73. The first-order valence-corrected chi connectivity index (χ1v) is 12.9. The smallest absolute Gasteiger partial charge is 0.337 e. The summed E-state index contributed by atoms with van der Waals surface area (Å²) in [5.74, 6) is 0.403. The van der Waals surface area contributed by atoms with Gasteiger partial charge in [-0.05, 0) is 70.3 Å². The van der Waals surface area contributed by atoms with Crippen LogP contribution < -0.4 is 5.32 Å². The molecule has 186 valence electrons. The lowest BCUT2D eigenvalue weighted by Gasteiger charge is -2.10. The standard InChI is InChI=1S/C30H26N2O4S/c1-35-30(34)21-7-5-20(6-8-21)22-3-2-4-23(15-22)24-11-12-31-27(16-24)18-32-29(33)25-9-10-26-19-36-13-14-37-28(26)17-25/h2-12,15-17H,13-14,18-19H2,1H3,(H,32,33). The maximum Gasteiger partial charge on any atom is 0.337 e. The number of hydrogen-bond acceptors (Lipinski definition) is 6. The number of benzene rings is 3. The number of rotatable bonds is 6. The van der Waals surface area contributed by atoms with Crippen LogP contribution in [-0.4, -0.2) is 36.3 Å². The summed E-state index contributed by atoms with van der Waals surface area (Å²) in [6, 6.07) is 25.2. The topological polar surface area (TPSA) is 77.5 Å². The summed E-state index contributed by atoms with van der Waals surface area (Å²) in [5.41, 5.74) is 7.13. The van der Waals surface area contributed by atoms with Crippen LogP contribution in [0.1, 0.15) is 32.0 Å². The van der Waals surface area contributed by atoms with Crippen LogP contribution in [0, 0.1) is 0 Å². The van der Waals surface area contributed by atoms with E-state index in [9.17, 15) is 9.59 Å². The van der Waals surface area contributed by atoms with Gasteiger partial charge in [-0.2, -0.15) is 0 Å². The number of thioether (sulfide) groups is 1. The van der Waals surface area contributed by atoms with Gasteiger partial charge in [0, 0.05) is 22.4 Å². The Morgan fingerprint density at radius 3 is 2.49 bits per heavy atom. The molecule has 0 unspecified atom stereocenters. The lowest BCUT2D eigenvalue weighted by atomic mass is 9.98. The van der Waals surface area contributed by atoms with Gasteiger partial charge in [0.15, 0.2) is 0 Å². The number of nitrogens with one attached hydrogen (secondary N) is 1. The third-order valence-electron chi connectivity index (χ3n) is 6.15. The van der Waals surface area contributed by atoms with E-state index in [1.54, 1.807) is 30.1 Å². The SMILES string of the molecule is COC(=O)c1ccc(-c2cccc(-c3ccnc(CNC(=O)c4ccc5c(c4)SCCOC5)c3)c2)cc1. The van der Waals surface area contributed by atoms with Crippen LogP contribution in [0.2, 0.25) is 0 Å². The number of esters is 1. The number of pyridine rings is 1. The van der Waals surface area contributed by atoms with Crippen molar-refractivity contribution in [2.45, 2.75) is 18.0 Å². The first kappa shape index (κ1) is 24.7. The molecule has 0 saturated carbocycles. The lowest BCUT2D eigenvalue weighted by molar-refractivity contribution is 0.0600. The Labute approximate surface area is 220 Å². The van der Waals surface area contributed by atoms with Crippen LogP contribution in [-0.2, 0) is 22.6 Å². The van der Waals surface area contributed by atoms with E-state index in [0.717, 1.165) is 44.2 Å². The molecule has 3 aromatic carbocycles. The van der Waals surface area contributed by atoms with Gasteiger partial charge in [0.05, 0.1) is 38.1 Å². The molecule has 0 spiro atoms. The molecular formula is C30H26N2O4S. The molecule has 0 fully saturated rings. The molecule has 6 nitrogen and oxygen atoms in total. The number of methoxy groups -OCH3 is 1. The molecule has 4 aromatic rings. The van der Waals surface area contributed by atoms with E-state index in [-0.39, 0.29) is 11.9 Å². The maximum atomic E-state index is 12.8. The molecule has 0 aliphatic carbocycles. The van der Waals surface area contributed by atoms with Crippen molar-refractivity contribution in [3.05, 3.63) is 107 Å². The highest BCUT2D eigenvalue weighted by molar-refractivity contribution is 7.99. The Bertz CT molecular complexity index is 1440. The minimum Gasteiger partial charge on any atom is -0.465 e. The molecule has 0 bridgehead atoms. The van der Waals surface area contributed by atoms with Crippen LogP contribution in [0.5, 0.6) is 0 Å². The van der Waals surface area contributed by atoms with E-state index in [4.69, 9.17) is 9.47 Å². The molecular weight excluding hydrogens is 484 g/mol. The number of carbonyl (C=O) groups is 2. The molecule has 1 aromatic heterocycles. The third-order valence-corrected chi connectivity index (χ3v) is 7.22. The Balaban J connectivity index is 1.28. The summed E-state index contributed by atoms with van der Waals surface area (Å²) in [4.78, 5) is 30.1. The van der Waals surface area contributed by atoms with E-state index < -0.39 is 0 Å². The molecule has 5 rings (SSSR count). The Morgan fingerprint density at radius 1 is 0.919 bits per heavy atom. The van der Waals surface area contributed by atoms with Crippen molar-refractivity contribution in [1.29, 1.82) is 0 Å². The van der Waals surface area contributed by atoms with E-state index >= 15 is 0 Å². The van der Waals surface area contributed by atoms with E-state index in [1.807, 2.05) is 60.7 Å². The van der Waals surface area contributed by atoms with Crippen LogP contribution >= 0.6 is 11.8 Å². The highest BCUT2D eigenvalue weighted by Gasteiger charge is 2.13. The number of hydrogen-bond donors (Lipinski definition) is 1. The van der Waals surface area contributed by atoms with Crippen molar-refractivity contribution in [2.75, 3.05) is 19.5 Å². The molecule has 1 aliphatic heterocycles. The summed E-state index contributed by atoms with van der Waals surface area (Å²) in [5, 5.41) is 2.99. The number of carbonyl (C=O) groups excluding carboxylic acids is 2. The van der Waals surface area contributed by atoms with Gasteiger partial charge in [0.25, 0.3) is 5.91 Å². The molecule has 2 heterocycles. The Kier molecular flexibility index (Phi) is 7.63. The van der Waals surface area contributed by atoms with Crippen molar-refractivity contribution in [3.63, 3.8) is 0 Å². The number of amides is 1. The van der Waals surface area contributed by atoms with Crippen LogP contribution in [0.3, 0.4) is 0 Å². The van der Waals surface area contributed by atoms with Gasteiger partial charge in [-0.15, -0.1) is 11.8 Å². The van der Waals surface area contributed by atoms with Crippen molar-refractivity contribution in [1.82, 2.24) is 10.3 Å². The van der Waals surface area contributed by atoms with Gasteiger partial charge in [0.1, 0.15) is 0 Å². The summed E-state index contributed by atoms with van der Waals surface area (Å²) < 4.78 is 10.4. The van der Waals surface area contributed by atoms with E-state index in [1.165, 1.54) is 7.11 Å². The summed E-state index contributed by atoms with van der Waals surface area (Å²) in [6.45, 7) is 1.63. The predicted octanol–water partition coefficient (Wildman–Crippen LogP) is 5.75. The second-order valence-electron chi connectivity index (χ2n) is 8.59. The number of nitrogens with zero attached hydrogens (tertiary/aromatic N) is 1. The fourth-order valence-corrected chi connectivity index (χ4v) is 5.11. The van der Waals surface area contributed by atoms with Crippen molar-refractivity contribution in [3.8, 4) is 22.3 Å². The normalized spacial score (nSPS) is 12.8. The molecule has 0 saturated heterocycles. The molecule has 0 atom stereocenters. The van der Waals surface area contributed by atoms with Gasteiger partial charge in [-0.25, -0.2) is 4.79 Å². The first-order chi connectivity index (χ1) is 18.1. The van der Waals surface area contributed by atoms with Gasteiger partial charge in [0.2, 0.25) is 0 Å². The van der Waals surface area contributed by atoms with Gasteiger partial charge in [-0.3, -0.25) is 9.78 Å². The molecule has 1 amide bonds. The molecule has 1 N–H and O–H groups in total. The van der Waals surface area contributed by atoms with Crippen molar-refractivity contribution in [2.24, 2.45) is 0 Å². The molecule has 0 radical (unpaired) electrons. The lowest BCUT2D eigenvalue weighted by Crippen LogP contribution is -2.23. The fourth-order valence-electron chi connectivity index (χ4n) is 4.16. The molecule has 1 aliphatic rings. The zero-order valence-corrected chi connectivity index (χ0v) is 21.2. The van der Waals surface area contributed by atoms with Gasteiger partial charge in [-0.1, -0.05) is 36.4 Å². The number of aromatic nitrogens is 1. The van der Waals surface area contributed by atoms with Crippen molar-refractivity contribution >= 4 is 23.6 Å². The minimum absolute atomic E-state index is 0.127. The zero-order chi connectivity index (χ0) is 25.6. The van der Waals surface area contributed by atoms with Crippen LogP contribution in [0.25, 0.3) is 22.3 Å². The van der Waals surface area contributed by atoms with E-state index in [0.29, 0.717) is 30.9 Å². The highest BCUT2D eigenvalue weighted by Crippen LogP contribution is 2.28. The monoisotopic (exact) mass is 510 g/mol. The average molecular weight is 511 g/mol. The Hall–Kier alpha value is -3.94. The third kappa shape index (κ3) is 5.90. The summed E-state index contributed by atoms with van der Waals surface area (Å²) in [6.07, 6.45) is 1.76. The first-order valence-electron chi connectivity index (χ1n) is 12.0. The predicted molar refractivity (Wildman–Crippen MR) is 144 cm³/mol. The quantitative estimate of drug-likeness (QED) is 0.333. The molecule has 7 heteroatoms. The minimum atomic E-state index is -0.354. The maximum absolute atomic E-state index is 12.8. The number of ether oxygens (including phenoxy) is 2. The van der Waals surface area contributed by atoms with Gasteiger partial charge < -0.3 is 14.8 Å². The van der Waals surface area contributed by atoms with Gasteiger partial charge >= 0.3 is 5.97 Å². The Morgan fingerprint density at radius 2 is 1.68 bits per heavy atom.